The fourth-order valence-electron chi connectivity index (χ4n) is 9.12. The molecule has 0 aliphatic rings. The van der Waals surface area contributed by atoms with E-state index in [1.165, 1.54) is 109 Å². The summed E-state index contributed by atoms with van der Waals surface area (Å²) in [7, 11) is 0. The van der Waals surface area contributed by atoms with Crippen molar-refractivity contribution in [2.24, 2.45) is 0 Å². The van der Waals surface area contributed by atoms with E-state index in [0.717, 1.165) is 0 Å². The van der Waals surface area contributed by atoms with Crippen molar-refractivity contribution in [1.29, 1.82) is 0 Å². The maximum atomic E-state index is 2.46. The Morgan fingerprint density at radius 2 is 0.661 bits per heavy atom. The van der Waals surface area contributed by atoms with Gasteiger partial charge in [-0.1, -0.05) is 200 Å². The molecule has 0 radical (unpaired) electrons. The number of hydrogen-bond donors (Lipinski definition) is 0. The summed E-state index contributed by atoms with van der Waals surface area (Å²) < 4.78 is 0. The summed E-state index contributed by atoms with van der Waals surface area (Å²) in [6.07, 6.45) is 0. The molecule has 0 nitrogen and oxygen atoms in total. The Hall–Kier alpha value is -7.28. The summed E-state index contributed by atoms with van der Waals surface area (Å²) in [6.45, 7) is 0. The first-order chi connectivity index (χ1) is 27.8. The maximum Gasteiger partial charge on any atom is -0.00261 e. The normalized spacial score (nSPS) is 11.6. The van der Waals surface area contributed by atoms with Crippen molar-refractivity contribution in [2.45, 2.75) is 0 Å². The van der Waals surface area contributed by atoms with Gasteiger partial charge in [-0.3, -0.25) is 0 Å². The van der Waals surface area contributed by atoms with Crippen molar-refractivity contribution >= 4 is 53.9 Å². The van der Waals surface area contributed by atoms with Gasteiger partial charge in [0.2, 0.25) is 0 Å². The van der Waals surface area contributed by atoms with E-state index in [9.17, 15) is 0 Å². The van der Waals surface area contributed by atoms with Gasteiger partial charge in [-0.2, -0.15) is 0 Å². The van der Waals surface area contributed by atoms with Crippen LogP contribution in [0.2, 0.25) is 0 Å². The van der Waals surface area contributed by atoms with Crippen LogP contribution < -0.4 is 0 Å². The molecule has 0 atom stereocenters. The van der Waals surface area contributed by atoms with Crippen LogP contribution in [0.3, 0.4) is 0 Å². The smallest absolute Gasteiger partial charge is 0.00261 e. The average Bonchev–Trinajstić information content (AvgIpc) is 3.28. The second kappa shape index (κ2) is 13.2. The van der Waals surface area contributed by atoms with Crippen LogP contribution in [0.1, 0.15) is 0 Å². The molecule has 260 valence electrons. The predicted molar refractivity (Wildman–Crippen MR) is 241 cm³/mol. The standard InChI is InChI=1S/C56H36/c1-2-17-38(18-3-1)55-49-26-12-14-28-51(49)56(52-29-15-13-27-50(52)55)42-32-33-44(41-31-30-37-16-4-5-19-39(37)34-41)53(36-42)47-24-10-11-25-48(47)54-35-40-20-6-7-21-43(40)45-22-8-9-23-46(45)54/h1-36H. The third-order valence-corrected chi connectivity index (χ3v) is 11.6. The van der Waals surface area contributed by atoms with Crippen LogP contribution in [0, 0.1) is 0 Å². The zero-order valence-corrected chi connectivity index (χ0v) is 30.8. The Kier molecular flexibility index (Phi) is 7.60. The van der Waals surface area contributed by atoms with Gasteiger partial charge in [-0.05, 0) is 128 Å². The molecule has 0 aliphatic heterocycles. The lowest BCUT2D eigenvalue weighted by atomic mass is 9.82. The first kappa shape index (κ1) is 32.2. The average molecular weight is 709 g/mol. The molecule has 0 amide bonds. The van der Waals surface area contributed by atoms with Crippen LogP contribution in [-0.2, 0) is 0 Å². The number of benzene rings is 11. The van der Waals surface area contributed by atoms with Crippen molar-refractivity contribution < 1.29 is 0 Å². The SMILES string of the molecule is c1ccc(-c2c3ccccc3c(-c3ccc(-c4ccc5ccccc5c4)c(-c4ccccc4-c4cc5ccccc5c5ccccc45)c3)c3ccccc23)cc1. The molecule has 0 saturated carbocycles. The van der Waals surface area contributed by atoms with Crippen molar-refractivity contribution in [2.75, 3.05) is 0 Å². The third-order valence-electron chi connectivity index (χ3n) is 11.6. The molecule has 0 heteroatoms. The minimum Gasteiger partial charge on any atom is -0.0622 e. The number of hydrogen-bond acceptors (Lipinski definition) is 0. The third kappa shape index (κ3) is 5.22. The minimum absolute atomic E-state index is 1.20. The molecule has 11 aromatic rings. The van der Waals surface area contributed by atoms with Gasteiger partial charge in [0.05, 0.1) is 0 Å². The summed E-state index contributed by atoms with van der Waals surface area (Å²) in [4.78, 5) is 0. The molecule has 0 aromatic heterocycles. The van der Waals surface area contributed by atoms with Gasteiger partial charge < -0.3 is 0 Å². The summed E-state index contributed by atoms with van der Waals surface area (Å²) >= 11 is 0. The molecular weight excluding hydrogens is 673 g/mol. The Labute approximate surface area is 326 Å². The quantitative estimate of drug-likeness (QED) is 0.123. The lowest BCUT2D eigenvalue weighted by Gasteiger charge is -2.21. The largest absolute Gasteiger partial charge is 0.0622 e. The number of fused-ring (bicyclic) bond motifs is 6. The monoisotopic (exact) mass is 708 g/mol. The van der Waals surface area contributed by atoms with Gasteiger partial charge in [0, 0.05) is 0 Å². The summed E-state index contributed by atoms with van der Waals surface area (Å²) in [6, 6.07) is 80.5. The van der Waals surface area contributed by atoms with Crippen molar-refractivity contribution in [3.8, 4) is 55.6 Å². The highest BCUT2D eigenvalue weighted by atomic mass is 14.2. The molecule has 0 bridgehead atoms. The second-order valence-corrected chi connectivity index (χ2v) is 14.8. The Bertz CT molecular complexity index is 3240. The van der Waals surface area contributed by atoms with E-state index >= 15 is 0 Å². The topological polar surface area (TPSA) is 0 Å². The zero-order valence-electron chi connectivity index (χ0n) is 30.8. The molecule has 0 saturated heterocycles. The van der Waals surface area contributed by atoms with Gasteiger partial charge in [0.25, 0.3) is 0 Å². The van der Waals surface area contributed by atoms with E-state index in [4.69, 9.17) is 0 Å². The molecule has 0 N–H and O–H groups in total. The molecule has 0 fully saturated rings. The van der Waals surface area contributed by atoms with Gasteiger partial charge in [-0.25, -0.2) is 0 Å². The first-order valence-electron chi connectivity index (χ1n) is 19.4. The molecule has 11 aromatic carbocycles. The molecular formula is C56H36. The van der Waals surface area contributed by atoms with Crippen LogP contribution in [-0.4, -0.2) is 0 Å². The maximum absolute atomic E-state index is 2.46. The number of rotatable bonds is 5. The fraction of sp³-hybridized carbons (Fsp3) is 0. The highest BCUT2D eigenvalue weighted by molar-refractivity contribution is 6.22. The van der Waals surface area contributed by atoms with Gasteiger partial charge in [-0.15, -0.1) is 0 Å². The Morgan fingerprint density at radius 3 is 1.34 bits per heavy atom. The van der Waals surface area contributed by atoms with Crippen LogP contribution in [0.5, 0.6) is 0 Å². The molecule has 56 heavy (non-hydrogen) atoms. The second-order valence-electron chi connectivity index (χ2n) is 14.8. The summed E-state index contributed by atoms with van der Waals surface area (Å²) in [5, 5.41) is 12.6. The summed E-state index contributed by atoms with van der Waals surface area (Å²) in [5.41, 5.74) is 12.3. The van der Waals surface area contributed by atoms with Gasteiger partial charge in [0.15, 0.2) is 0 Å². The van der Waals surface area contributed by atoms with E-state index in [1.807, 2.05) is 0 Å². The zero-order chi connectivity index (χ0) is 37.0. The van der Waals surface area contributed by atoms with E-state index in [2.05, 4.69) is 218 Å². The van der Waals surface area contributed by atoms with E-state index in [-0.39, 0.29) is 0 Å². The highest BCUT2D eigenvalue weighted by Gasteiger charge is 2.20. The Balaban J connectivity index is 1.23. The first-order valence-corrected chi connectivity index (χ1v) is 19.4. The van der Waals surface area contributed by atoms with E-state index < -0.39 is 0 Å². The fourth-order valence-corrected chi connectivity index (χ4v) is 9.12. The van der Waals surface area contributed by atoms with E-state index in [0.29, 0.717) is 0 Å². The van der Waals surface area contributed by atoms with Crippen molar-refractivity contribution in [3.05, 3.63) is 218 Å². The van der Waals surface area contributed by atoms with Gasteiger partial charge >= 0.3 is 0 Å². The van der Waals surface area contributed by atoms with Crippen molar-refractivity contribution in [1.82, 2.24) is 0 Å². The molecule has 0 unspecified atom stereocenters. The molecule has 0 heterocycles. The highest BCUT2D eigenvalue weighted by Crippen LogP contribution is 2.47. The van der Waals surface area contributed by atoms with Crippen LogP contribution >= 0.6 is 0 Å². The van der Waals surface area contributed by atoms with E-state index in [1.54, 1.807) is 0 Å². The van der Waals surface area contributed by atoms with Gasteiger partial charge in [0.1, 0.15) is 0 Å². The van der Waals surface area contributed by atoms with Crippen LogP contribution in [0.15, 0.2) is 218 Å². The van der Waals surface area contributed by atoms with Crippen LogP contribution in [0.25, 0.3) is 109 Å². The lowest BCUT2D eigenvalue weighted by Crippen LogP contribution is -1.94. The Morgan fingerprint density at radius 1 is 0.179 bits per heavy atom. The van der Waals surface area contributed by atoms with Crippen LogP contribution in [0.4, 0.5) is 0 Å². The van der Waals surface area contributed by atoms with Crippen molar-refractivity contribution in [3.63, 3.8) is 0 Å². The molecule has 11 rings (SSSR count). The molecule has 0 aliphatic carbocycles. The predicted octanol–water partition coefficient (Wildman–Crippen LogP) is 15.8. The summed E-state index contributed by atoms with van der Waals surface area (Å²) in [5.74, 6) is 0. The molecule has 0 spiro atoms. The lowest BCUT2D eigenvalue weighted by molar-refractivity contribution is 1.58. The minimum atomic E-state index is 1.20.